The van der Waals surface area contributed by atoms with Crippen molar-refractivity contribution in [1.82, 2.24) is 8.61 Å². The summed E-state index contributed by atoms with van der Waals surface area (Å²) in [6.45, 7) is 3.83. The summed E-state index contributed by atoms with van der Waals surface area (Å²) < 4.78 is 52.5. The van der Waals surface area contributed by atoms with Crippen LogP contribution < -0.4 is 0 Å². The van der Waals surface area contributed by atoms with Gasteiger partial charge in [-0.25, -0.2) is 21.1 Å². The van der Waals surface area contributed by atoms with Crippen LogP contribution in [0.4, 0.5) is 0 Å². The van der Waals surface area contributed by atoms with Crippen LogP contribution in [0.5, 0.6) is 0 Å². The van der Waals surface area contributed by atoms with E-state index in [-0.39, 0.29) is 21.9 Å². The maximum Gasteiger partial charge on any atom is 0.243 e. The van der Waals surface area contributed by atoms with Crippen molar-refractivity contribution in [2.24, 2.45) is 0 Å². The molecule has 0 unspecified atom stereocenters. The molecule has 1 heterocycles. The van der Waals surface area contributed by atoms with Gasteiger partial charge in [0.1, 0.15) is 0 Å². The molecule has 1 saturated heterocycles. The molecule has 0 N–H and O–H groups in total. The zero-order valence-electron chi connectivity index (χ0n) is 13.9. The summed E-state index contributed by atoms with van der Waals surface area (Å²) in [4.78, 5) is 0.219. The fourth-order valence-corrected chi connectivity index (χ4v) is 5.77. The molecule has 2 rings (SSSR count). The minimum absolute atomic E-state index is 0.0473. The standard InChI is InChI=1S/C15H24N2O4S2/c1-12-6-5-7-13(2)17(12)23(20,21)15-10-8-14(9-11-15)22(18,19)16(3)4/h8-13H,5-7H2,1-4H3/t12-,13-/m0/s1. The molecule has 0 saturated carbocycles. The zero-order chi connectivity index (χ0) is 17.4. The highest BCUT2D eigenvalue weighted by molar-refractivity contribution is 7.89. The van der Waals surface area contributed by atoms with Crippen molar-refractivity contribution in [3.63, 3.8) is 0 Å². The number of hydrogen-bond acceptors (Lipinski definition) is 4. The molecule has 130 valence electrons. The summed E-state index contributed by atoms with van der Waals surface area (Å²) in [6, 6.07) is 5.35. The van der Waals surface area contributed by atoms with E-state index in [0.29, 0.717) is 0 Å². The molecule has 8 heteroatoms. The van der Waals surface area contributed by atoms with E-state index in [4.69, 9.17) is 0 Å². The van der Waals surface area contributed by atoms with Gasteiger partial charge < -0.3 is 0 Å². The third kappa shape index (κ3) is 3.45. The topological polar surface area (TPSA) is 74.8 Å². The highest BCUT2D eigenvalue weighted by Crippen LogP contribution is 2.30. The molecular formula is C15H24N2O4S2. The van der Waals surface area contributed by atoms with E-state index < -0.39 is 20.0 Å². The number of piperidine rings is 1. The lowest BCUT2D eigenvalue weighted by atomic mass is 10.0. The van der Waals surface area contributed by atoms with E-state index in [1.807, 2.05) is 13.8 Å². The molecule has 0 spiro atoms. The molecule has 1 aliphatic heterocycles. The molecule has 1 aromatic rings. The van der Waals surface area contributed by atoms with Crippen molar-refractivity contribution < 1.29 is 16.8 Å². The van der Waals surface area contributed by atoms with Gasteiger partial charge in [-0.05, 0) is 51.0 Å². The molecule has 1 aromatic carbocycles. The van der Waals surface area contributed by atoms with Crippen LogP contribution >= 0.6 is 0 Å². The van der Waals surface area contributed by atoms with Gasteiger partial charge in [0.15, 0.2) is 0 Å². The summed E-state index contributed by atoms with van der Waals surface area (Å²) in [6.07, 6.45) is 2.71. The van der Waals surface area contributed by atoms with Gasteiger partial charge in [-0.2, -0.15) is 4.31 Å². The Hall–Kier alpha value is -0.960. The second kappa shape index (κ2) is 6.51. The lowest BCUT2D eigenvalue weighted by Gasteiger charge is -2.37. The van der Waals surface area contributed by atoms with Crippen LogP contribution in [-0.2, 0) is 20.0 Å². The van der Waals surface area contributed by atoms with Crippen LogP contribution in [-0.4, -0.2) is 51.6 Å². The van der Waals surface area contributed by atoms with E-state index in [0.717, 1.165) is 23.6 Å². The maximum absolute atomic E-state index is 12.9. The summed E-state index contributed by atoms with van der Waals surface area (Å²) in [5.41, 5.74) is 0. The largest absolute Gasteiger partial charge is 0.243 e. The van der Waals surface area contributed by atoms with Crippen LogP contribution in [0.15, 0.2) is 34.1 Å². The summed E-state index contributed by atoms with van der Waals surface area (Å²) in [5, 5.41) is 0. The second-order valence-electron chi connectivity index (χ2n) is 6.22. The van der Waals surface area contributed by atoms with E-state index in [9.17, 15) is 16.8 Å². The first-order valence-corrected chi connectivity index (χ1v) is 10.5. The normalized spacial score (nSPS) is 24.0. The van der Waals surface area contributed by atoms with Gasteiger partial charge in [0.25, 0.3) is 0 Å². The molecule has 0 aromatic heterocycles. The summed E-state index contributed by atoms with van der Waals surface area (Å²) >= 11 is 0. The van der Waals surface area contributed by atoms with E-state index in [2.05, 4.69) is 0 Å². The van der Waals surface area contributed by atoms with Gasteiger partial charge in [0, 0.05) is 26.2 Å². The van der Waals surface area contributed by atoms with Gasteiger partial charge in [-0.1, -0.05) is 6.42 Å². The van der Waals surface area contributed by atoms with E-state index >= 15 is 0 Å². The molecule has 2 atom stereocenters. The van der Waals surface area contributed by atoms with E-state index in [1.54, 1.807) is 4.31 Å². The molecular weight excluding hydrogens is 336 g/mol. The predicted molar refractivity (Wildman–Crippen MR) is 89.1 cm³/mol. The molecule has 0 bridgehead atoms. The Bertz CT molecular complexity index is 745. The Morgan fingerprint density at radius 3 is 1.78 bits per heavy atom. The Labute approximate surface area is 139 Å². The predicted octanol–water partition coefficient (Wildman–Crippen LogP) is 1.89. The van der Waals surface area contributed by atoms with Gasteiger partial charge in [-0.15, -0.1) is 0 Å². The molecule has 6 nitrogen and oxygen atoms in total. The first kappa shape index (κ1) is 18.4. The average molecular weight is 361 g/mol. The smallest absolute Gasteiger partial charge is 0.207 e. The Kier molecular flexibility index (Phi) is 5.20. The van der Waals surface area contributed by atoms with Crippen molar-refractivity contribution in [2.75, 3.05) is 14.1 Å². The third-order valence-electron chi connectivity index (χ3n) is 4.29. The van der Waals surface area contributed by atoms with Crippen molar-refractivity contribution in [2.45, 2.75) is 55.0 Å². The highest BCUT2D eigenvalue weighted by Gasteiger charge is 2.35. The molecule has 0 radical (unpaired) electrons. The minimum atomic E-state index is -3.62. The number of benzene rings is 1. The molecule has 1 fully saturated rings. The summed E-state index contributed by atoms with van der Waals surface area (Å²) in [5.74, 6) is 0. The first-order chi connectivity index (χ1) is 10.6. The Balaban J connectivity index is 2.38. The van der Waals surface area contributed by atoms with Crippen LogP contribution in [0.1, 0.15) is 33.1 Å². The highest BCUT2D eigenvalue weighted by atomic mass is 32.2. The monoisotopic (exact) mass is 360 g/mol. The quantitative estimate of drug-likeness (QED) is 0.822. The van der Waals surface area contributed by atoms with Crippen molar-refractivity contribution in [3.8, 4) is 0 Å². The fourth-order valence-electron chi connectivity index (χ4n) is 2.99. The Morgan fingerprint density at radius 2 is 1.35 bits per heavy atom. The SMILES string of the molecule is C[C@H]1CCC[C@H](C)N1S(=O)(=O)c1ccc(S(=O)(=O)N(C)C)cc1. The van der Waals surface area contributed by atoms with Gasteiger partial charge in [0.2, 0.25) is 20.0 Å². The third-order valence-corrected chi connectivity index (χ3v) is 8.26. The maximum atomic E-state index is 12.9. The first-order valence-electron chi connectivity index (χ1n) is 7.64. The lowest BCUT2D eigenvalue weighted by Crippen LogP contribution is -2.47. The average Bonchev–Trinajstić information content (AvgIpc) is 2.46. The summed E-state index contributed by atoms with van der Waals surface area (Å²) in [7, 11) is -4.30. The minimum Gasteiger partial charge on any atom is -0.207 e. The number of rotatable bonds is 4. The molecule has 1 aliphatic rings. The number of nitrogens with zero attached hydrogens (tertiary/aromatic N) is 2. The van der Waals surface area contributed by atoms with Gasteiger partial charge in [0.05, 0.1) is 9.79 Å². The lowest BCUT2D eigenvalue weighted by molar-refractivity contribution is 0.204. The Morgan fingerprint density at radius 1 is 0.913 bits per heavy atom. The van der Waals surface area contributed by atoms with Crippen LogP contribution in [0.2, 0.25) is 0 Å². The zero-order valence-corrected chi connectivity index (χ0v) is 15.6. The van der Waals surface area contributed by atoms with Crippen LogP contribution in [0, 0.1) is 0 Å². The van der Waals surface area contributed by atoms with Crippen molar-refractivity contribution in [1.29, 1.82) is 0 Å². The van der Waals surface area contributed by atoms with Crippen molar-refractivity contribution >= 4 is 20.0 Å². The van der Waals surface area contributed by atoms with Crippen LogP contribution in [0.25, 0.3) is 0 Å². The number of sulfonamides is 2. The van der Waals surface area contributed by atoms with Crippen LogP contribution in [0.3, 0.4) is 0 Å². The molecule has 0 amide bonds. The second-order valence-corrected chi connectivity index (χ2v) is 10.2. The molecule has 0 aliphatic carbocycles. The van der Waals surface area contributed by atoms with Gasteiger partial charge in [-0.3, -0.25) is 0 Å². The number of hydrogen-bond donors (Lipinski definition) is 0. The van der Waals surface area contributed by atoms with E-state index in [1.165, 1.54) is 38.4 Å². The fraction of sp³-hybridized carbons (Fsp3) is 0.600. The molecule has 23 heavy (non-hydrogen) atoms. The van der Waals surface area contributed by atoms with Gasteiger partial charge >= 0.3 is 0 Å². The van der Waals surface area contributed by atoms with Crippen molar-refractivity contribution in [3.05, 3.63) is 24.3 Å².